The van der Waals surface area contributed by atoms with Crippen molar-refractivity contribution in [2.75, 3.05) is 23.7 Å². The van der Waals surface area contributed by atoms with Crippen LogP contribution >= 0.6 is 0 Å². The van der Waals surface area contributed by atoms with E-state index in [0.29, 0.717) is 17.9 Å². The lowest BCUT2D eigenvalue weighted by molar-refractivity contribution is -0.688. The zero-order valence-corrected chi connectivity index (χ0v) is 21.6. The third-order valence-electron chi connectivity index (χ3n) is 6.73. The Morgan fingerprint density at radius 3 is 2.08 bits per heavy atom. The lowest BCUT2D eigenvalue weighted by Gasteiger charge is -2.16. The highest BCUT2D eigenvalue weighted by molar-refractivity contribution is 5.81. The Labute approximate surface area is 221 Å². The van der Waals surface area contributed by atoms with E-state index in [2.05, 4.69) is 97.5 Å². The Bertz CT molecular complexity index is 1440. The number of nitrogen functional groups attached to an aromatic ring is 1. The Balaban J connectivity index is 0.00000267. The number of hydrogen-bond donors (Lipinski definition) is 1. The second-order valence-corrected chi connectivity index (χ2v) is 9.12. The summed E-state index contributed by atoms with van der Waals surface area (Å²) in [7, 11) is 0. The number of imidazole rings is 1. The van der Waals surface area contributed by atoms with E-state index in [1.807, 2.05) is 4.57 Å². The average Bonchev–Trinajstić information content (AvgIpc) is 3.57. The molecule has 5 aromatic rings. The van der Waals surface area contributed by atoms with Gasteiger partial charge in [-0.1, -0.05) is 48.5 Å². The Hall–Kier alpha value is -3.78. The van der Waals surface area contributed by atoms with Crippen LogP contribution in [0.3, 0.4) is 0 Å². The maximum Gasteiger partial charge on any atom is 0.173 e. The van der Waals surface area contributed by atoms with Crippen LogP contribution in [-0.2, 0) is 13.1 Å². The topological polar surface area (TPSA) is 76.7 Å². The van der Waals surface area contributed by atoms with Crippen molar-refractivity contribution in [3.63, 3.8) is 0 Å². The summed E-state index contributed by atoms with van der Waals surface area (Å²) in [5, 5.41) is 0. The SMILES string of the molecule is Nc1ncnc2c1ncn2Cc1ccc(-c2ccc(C[n+]3ccc(N4CCCC4)cc3)cc2)cc1.[Br-]. The van der Waals surface area contributed by atoms with Gasteiger partial charge in [0.1, 0.15) is 11.8 Å². The maximum atomic E-state index is 5.90. The monoisotopic (exact) mass is 541 g/mol. The first-order chi connectivity index (χ1) is 17.2. The highest BCUT2D eigenvalue weighted by atomic mass is 79.9. The van der Waals surface area contributed by atoms with Gasteiger partial charge in [-0.2, -0.15) is 0 Å². The molecule has 4 heterocycles. The van der Waals surface area contributed by atoms with E-state index in [-0.39, 0.29) is 17.0 Å². The molecule has 8 heteroatoms. The summed E-state index contributed by atoms with van der Waals surface area (Å²) < 4.78 is 4.23. The maximum absolute atomic E-state index is 5.90. The molecular formula is C28H28BrN7. The molecule has 0 saturated carbocycles. The van der Waals surface area contributed by atoms with Gasteiger partial charge < -0.3 is 32.2 Å². The van der Waals surface area contributed by atoms with Gasteiger partial charge in [-0.15, -0.1) is 0 Å². The number of anilines is 2. The highest BCUT2D eigenvalue weighted by Gasteiger charge is 2.13. The number of benzene rings is 2. The van der Waals surface area contributed by atoms with E-state index >= 15 is 0 Å². The molecular weight excluding hydrogens is 514 g/mol. The minimum atomic E-state index is 0. The quantitative estimate of drug-likeness (QED) is 0.325. The van der Waals surface area contributed by atoms with E-state index in [0.717, 1.165) is 12.2 Å². The first-order valence-electron chi connectivity index (χ1n) is 12.1. The van der Waals surface area contributed by atoms with E-state index in [9.17, 15) is 0 Å². The minimum absolute atomic E-state index is 0. The minimum Gasteiger partial charge on any atom is -1.00 e. The number of nitrogens with two attached hydrogens (primary N) is 1. The molecule has 6 rings (SSSR count). The molecule has 1 fully saturated rings. The molecule has 0 amide bonds. The van der Waals surface area contributed by atoms with Crippen molar-refractivity contribution in [1.29, 1.82) is 0 Å². The number of hydrogen-bond acceptors (Lipinski definition) is 5. The zero-order chi connectivity index (χ0) is 23.6. The second-order valence-electron chi connectivity index (χ2n) is 9.12. The van der Waals surface area contributed by atoms with Gasteiger partial charge >= 0.3 is 0 Å². The summed E-state index contributed by atoms with van der Waals surface area (Å²) in [6, 6.07) is 21.9. The molecule has 2 aromatic carbocycles. The molecule has 0 radical (unpaired) electrons. The van der Waals surface area contributed by atoms with Crippen LogP contribution in [-0.4, -0.2) is 32.6 Å². The predicted molar refractivity (Wildman–Crippen MR) is 138 cm³/mol. The number of halogens is 1. The van der Waals surface area contributed by atoms with Gasteiger partial charge in [-0.05, 0) is 29.5 Å². The van der Waals surface area contributed by atoms with Crippen molar-refractivity contribution in [1.82, 2.24) is 19.5 Å². The number of rotatable bonds is 6. The Kier molecular flexibility index (Phi) is 6.95. The largest absolute Gasteiger partial charge is 1.00 e. The van der Waals surface area contributed by atoms with Crippen LogP contribution < -0.4 is 32.2 Å². The van der Waals surface area contributed by atoms with Crippen molar-refractivity contribution in [3.8, 4) is 11.1 Å². The molecule has 1 aliphatic rings. The lowest BCUT2D eigenvalue weighted by Crippen LogP contribution is -3.00. The normalized spacial score (nSPS) is 13.2. The molecule has 36 heavy (non-hydrogen) atoms. The van der Waals surface area contributed by atoms with Crippen LogP contribution in [0.25, 0.3) is 22.3 Å². The van der Waals surface area contributed by atoms with E-state index < -0.39 is 0 Å². The standard InChI is InChI=1S/C28H28N7.BrH/c29-27-26-28(31-19-30-27)35(20-32-26)18-22-5-9-24(10-6-22)23-7-3-21(4-8-23)17-33-15-11-25(12-16-33)34-13-1-2-14-34;/h3-12,15-16,19-20H,1-2,13-14,17-18H2,(H2,29,30,31);1H/q+1;/p-1. The average molecular weight is 542 g/mol. The van der Waals surface area contributed by atoms with E-state index in [1.54, 1.807) is 6.33 Å². The van der Waals surface area contributed by atoms with Gasteiger partial charge in [0.25, 0.3) is 0 Å². The molecule has 182 valence electrons. The Morgan fingerprint density at radius 2 is 1.42 bits per heavy atom. The summed E-state index contributed by atoms with van der Waals surface area (Å²) in [6.07, 6.45) is 10.2. The van der Waals surface area contributed by atoms with Crippen molar-refractivity contribution >= 4 is 22.7 Å². The third kappa shape index (κ3) is 4.95. The first-order valence-corrected chi connectivity index (χ1v) is 12.1. The number of fused-ring (bicyclic) bond motifs is 1. The summed E-state index contributed by atoms with van der Waals surface area (Å²) >= 11 is 0. The molecule has 0 unspecified atom stereocenters. The smallest absolute Gasteiger partial charge is 0.173 e. The van der Waals surface area contributed by atoms with Crippen LogP contribution in [0.4, 0.5) is 11.5 Å². The highest BCUT2D eigenvalue weighted by Crippen LogP contribution is 2.22. The van der Waals surface area contributed by atoms with Crippen molar-refractivity contribution in [2.24, 2.45) is 0 Å². The fraction of sp³-hybridized carbons (Fsp3) is 0.214. The number of aromatic nitrogens is 5. The molecule has 1 saturated heterocycles. The van der Waals surface area contributed by atoms with Gasteiger partial charge in [0.15, 0.2) is 30.4 Å². The molecule has 0 bridgehead atoms. The molecule has 7 nitrogen and oxygen atoms in total. The second kappa shape index (κ2) is 10.5. The Morgan fingerprint density at radius 1 is 0.778 bits per heavy atom. The number of nitrogens with zero attached hydrogens (tertiary/aromatic N) is 6. The van der Waals surface area contributed by atoms with E-state index in [1.165, 1.54) is 60.2 Å². The summed E-state index contributed by atoms with van der Waals surface area (Å²) in [5.74, 6) is 0.407. The number of pyridine rings is 1. The molecule has 3 aromatic heterocycles. The van der Waals surface area contributed by atoms with Gasteiger partial charge in [-0.25, -0.2) is 19.5 Å². The fourth-order valence-corrected chi connectivity index (χ4v) is 4.77. The van der Waals surface area contributed by atoms with E-state index in [4.69, 9.17) is 5.73 Å². The first kappa shape index (κ1) is 23.9. The van der Waals surface area contributed by atoms with Gasteiger partial charge in [-0.3, -0.25) is 0 Å². The van der Waals surface area contributed by atoms with Crippen LogP contribution in [0.5, 0.6) is 0 Å². The molecule has 0 spiro atoms. The van der Waals surface area contributed by atoms with Crippen molar-refractivity contribution in [3.05, 3.63) is 96.8 Å². The van der Waals surface area contributed by atoms with Gasteiger partial charge in [0.2, 0.25) is 0 Å². The van der Waals surface area contributed by atoms with Crippen LogP contribution in [0.2, 0.25) is 0 Å². The lowest BCUT2D eigenvalue weighted by atomic mass is 10.0. The predicted octanol–water partition coefficient (Wildman–Crippen LogP) is 1.06. The van der Waals surface area contributed by atoms with Crippen LogP contribution in [0, 0.1) is 0 Å². The fourth-order valence-electron chi connectivity index (χ4n) is 4.77. The van der Waals surface area contributed by atoms with Crippen molar-refractivity contribution in [2.45, 2.75) is 25.9 Å². The van der Waals surface area contributed by atoms with Crippen LogP contribution in [0.15, 0.2) is 85.7 Å². The molecule has 2 N–H and O–H groups in total. The van der Waals surface area contributed by atoms with Crippen LogP contribution in [0.1, 0.15) is 24.0 Å². The van der Waals surface area contributed by atoms with Gasteiger partial charge in [0, 0.05) is 36.5 Å². The zero-order valence-electron chi connectivity index (χ0n) is 20.0. The molecule has 1 aliphatic heterocycles. The van der Waals surface area contributed by atoms with Gasteiger partial charge in [0.05, 0.1) is 12.9 Å². The van der Waals surface area contributed by atoms with Crippen molar-refractivity contribution < 1.29 is 21.5 Å². The molecule has 0 aliphatic carbocycles. The molecule has 0 atom stereocenters. The summed E-state index contributed by atoms with van der Waals surface area (Å²) in [4.78, 5) is 15.2. The third-order valence-corrected chi connectivity index (χ3v) is 6.73. The summed E-state index contributed by atoms with van der Waals surface area (Å²) in [5.41, 5.74) is 13.5. The summed E-state index contributed by atoms with van der Waals surface area (Å²) in [6.45, 7) is 3.90.